The van der Waals surface area contributed by atoms with Crippen LogP contribution in [0.25, 0.3) is 110 Å². The maximum atomic E-state index is 2.63. The summed E-state index contributed by atoms with van der Waals surface area (Å²) in [5.74, 6) is 0. The highest BCUT2D eigenvalue weighted by atomic mass is 15.0. The van der Waals surface area contributed by atoms with Crippen LogP contribution in [0, 0.1) is 0 Å². The third-order valence-corrected chi connectivity index (χ3v) is 13.8. The van der Waals surface area contributed by atoms with E-state index in [1.165, 1.54) is 104 Å². The van der Waals surface area contributed by atoms with Crippen LogP contribution in [0.3, 0.4) is 0 Å². The Labute approximate surface area is 369 Å². The highest BCUT2D eigenvalue weighted by molar-refractivity contribution is 6.27. The summed E-state index contributed by atoms with van der Waals surface area (Å²) in [5.41, 5.74) is 15.7. The zero-order chi connectivity index (χ0) is 41.9. The molecule has 64 heavy (non-hydrogen) atoms. The molecule has 0 N–H and O–H groups in total. The normalized spacial score (nSPS) is 14.4. The fraction of sp³-hybridized carbons (Fsp3) is 0.0333. The molecule has 0 aliphatic heterocycles. The van der Waals surface area contributed by atoms with Crippen molar-refractivity contribution in [2.75, 3.05) is 0 Å². The van der Waals surface area contributed by atoms with E-state index in [4.69, 9.17) is 0 Å². The van der Waals surface area contributed by atoms with Gasteiger partial charge in [0.15, 0.2) is 0 Å². The smallest absolute Gasteiger partial charge is 0.0641 e. The fourth-order valence-electron chi connectivity index (χ4n) is 11.2. The summed E-state index contributed by atoms with van der Waals surface area (Å²) in [5, 5.41) is 10.2. The van der Waals surface area contributed by atoms with Crippen molar-refractivity contribution in [2.24, 2.45) is 0 Å². The second-order valence-corrected chi connectivity index (χ2v) is 17.2. The van der Waals surface area contributed by atoms with Gasteiger partial charge in [-0.1, -0.05) is 152 Å². The Morgan fingerprint density at radius 1 is 0.344 bits per heavy atom. The van der Waals surface area contributed by atoms with Gasteiger partial charge in [-0.15, -0.1) is 0 Å². The average Bonchev–Trinajstić information content (AvgIpc) is 4.09. The molecule has 4 aromatic heterocycles. The number of benzene rings is 9. The van der Waals surface area contributed by atoms with E-state index in [1.807, 2.05) is 0 Å². The van der Waals surface area contributed by atoms with Gasteiger partial charge < -0.3 is 18.3 Å². The number of hydrogen-bond acceptors (Lipinski definition) is 0. The van der Waals surface area contributed by atoms with Gasteiger partial charge >= 0.3 is 0 Å². The van der Waals surface area contributed by atoms with Crippen molar-refractivity contribution in [2.45, 2.75) is 12.5 Å². The minimum atomic E-state index is 0.104. The lowest BCUT2D eigenvalue weighted by Crippen LogP contribution is -2.09. The quantitative estimate of drug-likeness (QED) is 0.165. The van der Waals surface area contributed by atoms with Crippen molar-refractivity contribution in [3.8, 4) is 17.1 Å². The van der Waals surface area contributed by atoms with Crippen LogP contribution in [0.15, 0.2) is 224 Å². The second kappa shape index (κ2) is 13.6. The molecule has 1 aliphatic rings. The molecular formula is C60H40N4. The SMILES string of the molecule is C1=CC(c2cccc(-n3c4ccccc4c4ccc5c(c6ccccc6n5-c5ccccc5)c43)c2)=CC(n2c3ccccc3c3ccc4c(c5ccccc5n4-c4ccccc4)c32)C1. The summed E-state index contributed by atoms with van der Waals surface area (Å²) >= 11 is 0. The van der Waals surface area contributed by atoms with Crippen LogP contribution in [0.1, 0.15) is 18.0 Å². The molecule has 4 heteroatoms. The number of rotatable bonds is 5. The monoisotopic (exact) mass is 816 g/mol. The van der Waals surface area contributed by atoms with Gasteiger partial charge in [0, 0.05) is 65.7 Å². The summed E-state index contributed by atoms with van der Waals surface area (Å²) in [6, 6.07) is 75.8. The highest BCUT2D eigenvalue weighted by Gasteiger charge is 2.25. The molecule has 0 bridgehead atoms. The van der Waals surface area contributed by atoms with Crippen molar-refractivity contribution in [3.63, 3.8) is 0 Å². The molecule has 1 aliphatic carbocycles. The Balaban J connectivity index is 0.985. The van der Waals surface area contributed by atoms with Crippen molar-refractivity contribution in [1.29, 1.82) is 0 Å². The number of nitrogens with zero attached hydrogens (tertiary/aromatic N) is 4. The van der Waals surface area contributed by atoms with Crippen LogP contribution in [0.5, 0.6) is 0 Å². The number of aromatic nitrogens is 4. The van der Waals surface area contributed by atoms with E-state index in [1.54, 1.807) is 0 Å². The predicted molar refractivity (Wildman–Crippen MR) is 270 cm³/mol. The molecule has 4 heterocycles. The molecule has 300 valence electrons. The lowest BCUT2D eigenvalue weighted by Gasteiger charge is -2.22. The summed E-state index contributed by atoms with van der Waals surface area (Å²) in [4.78, 5) is 0. The summed E-state index contributed by atoms with van der Waals surface area (Å²) < 4.78 is 9.99. The molecule has 0 fully saturated rings. The molecule has 1 unspecified atom stereocenters. The van der Waals surface area contributed by atoms with Crippen molar-refractivity contribution in [3.05, 3.63) is 230 Å². The third-order valence-electron chi connectivity index (χ3n) is 13.8. The van der Waals surface area contributed by atoms with Crippen LogP contribution in [-0.4, -0.2) is 18.3 Å². The van der Waals surface area contributed by atoms with E-state index in [-0.39, 0.29) is 6.04 Å². The van der Waals surface area contributed by atoms with Gasteiger partial charge in [-0.25, -0.2) is 0 Å². The van der Waals surface area contributed by atoms with Gasteiger partial charge in [-0.05, 0) is 90.4 Å². The van der Waals surface area contributed by atoms with Crippen molar-refractivity contribution in [1.82, 2.24) is 18.3 Å². The van der Waals surface area contributed by atoms with Crippen LogP contribution < -0.4 is 0 Å². The van der Waals surface area contributed by atoms with Gasteiger partial charge in [0.25, 0.3) is 0 Å². The minimum absolute atomic E-state index is 0.104. The maximum Gasteiger partial charge on any atom is 0.0641 e. The first kappa shape index (κ1) is 35.3. The Morgan fingerprint density at radius 2 is 0.828 bits per heavy atom. The summed E-state index contributed by atoms with van der Waals surface area (Å²) in [7, 11) is 0. The number of para-hydroxylation sites is 6. The Kier molecular flexibility index (Phi) is 7.48. The largest absolute Gasteiger partial charge is 0.333 e. The Hall–Kier alpha value is -8.34. The topological polar surface area (TPSA) is 19.7 Å². The van der Waals surface area contributed by atoms with E-state index in [0.717, 1.165) is 17.8 Å². The summed E-state index contributed by atoms with van der Waals surface area (Å²) in [6.07, 6.45) is 8.12. The lowest BCUT2D eigenvalue weighted by molar-refractivity contribution is 0.651. The van der Waals surface area contributed by atoms with Gasteiger partial charge in [0.2, 0.25) is 0 Å². The van der Waals surface area contributed by atoms with Gasteiger partial charge in [-0.2, -0.15) is 0 Å². The molecule has 9 aromatic carbocycles. The van der Waals surface area contributed by atoms with Crippen LogP contribution in [0.4, 0.5) is 0 Å². The fourth-order valence-corrected chi connectivity index (χ4v) is 11.2. The zero-order valence-electron chi connectivity index (χ0n) is 34.9. The van der Waals surface area contributed by atoms with Crippen molar-refractivity contribution >= 4 is 92.8 Å². The zero-order valence-corrected chi connectivity index (χ0v) is 34.9. The molecule has 0 saturated heterocycles. The first-order valence-electron chi connectivity index (χ1n) is 22.3. The van der Waals surface area contributed by atoms with Crippen LogP contribution in [0.2, 0.25) is 0 Å². The molecule has 0 radical (unpaired) electrons. The van der Waals surface area contributed by atoms with Crippen LogP contribution >= 0.6 is 0 Å². The Bertz CT molecular complexity index is 4100. The highest BCUT2D eigenvalue weighted by Crippen LogP contribution is 2.45. The Morgan fingerprint density at radius 3 is 1.45 bits per heavy atom. The molecule has 0 saturated carbocycles. The van der Waals surface area contributed by atoms with E-state index >= 15 is 0 Å². The first-order chi connectivity index (χ1) is 31.8. The number of hydrogen-bond donors (Lipinski definition) is 0. The molecule has 14 rings (SSSR count). The van der Waals surface area contributed by atoms with Gasteiger partial charge in [-0.3, -0.25) is 0 Å². The third kappa shape index (κ3) is 4.93. The molecule has 0 spiro atoms. The van der Waals surface area contributed by atoms with Gasteiger partial charge in [0.1, 0.15) is 0 Å². The summed E-state index contributed by atoms with van der Waals surface area (Å²) in [6.45, 7) is 0. The predicted octanol–water partition coefficient (Wildman–Crippen LogP) is 15.7. The number of allylic oxidation sites excluding steroid dienone is 4. The van der Waals surface area contributed by atoms with E-state index in [2.05, 4.69) is 243 Å². The van der Waals surface area contributed by atoms with Crippen molar-refractivity contribution < 1.29 is 0 Å². The van der Waals surface area contributed by atoms with Gasteiger partial charge in [0.05, 0.1) is 44.7 Å². The standard InChI is InChI=1S/C60H40N4/c1-3-19-41(20-4-1)61-53-31-13-9-27-49(53)57-55(61)35-33-47-45-25-7-11-29-51(45)63(59(47)57)43-23-15-17-39(37-43)40-18-16-24-44(38-40)64-52-30-12-8-26-46(52)48-34-36-56-58(60(48)64)50-28-10-14-32-54(50)62(56)42-21-5-2-6-22-42/h1-23,25-38,44H,24H2. The number of fused-ring (bicyclic) bond motifs is 14. The van der Waals surface area contributed by atoms with Crippen LogP contribution in [-0.2, 0) is 0 Å². The molecule has 13 aromatic rings. The maximum absolute atomic E-state index is 2.63. The molecule has 1 atom stereocenters. The molecule has 4 nitrogen and oxygen atoms in total. The lowest BCUT2D eigenvalue weighted by atomic mass is 9.96. The second-order valence-electron chi connectivity index (χ2n) is 17.2. The molecular weight excluding hydrogens is 777 g/mol. The first-order valence-corrected chi connectivity index (χ1v) is 22.3. The average molecular weight is 817 g/mol. The molecule has 0 amide bonds. The van der Waals surface area contributed by atoms with E-state index in [9.17, 15) is 0 Å². The van der Waals surface area contributed by atoms with E-state index in [0.29, 0.717) is 0 Å². The minimum Gasteiger partial charge on any atom is -0.333 e. The van der Waals surface area contributed by atoms with E-state index < -0.39 is 0 Å².